The lowest BCUT2D eigenvalue weighted by Gasteiger charge is -2.02. The van der Waals surface area contributed by atoms with Crippen LogP contribution in [0.1, 0.15) is 35.9 Å². The largest absolute Gasteiger partial charge is 0.132 e. The van der Waals surface area contributed by atoms with E-state index in [4.69, 9.17) is 0 Å². The molecule has 1 heterocycles. The fourth-order valence-corrected chi connectivity index (χ4v) is 2.75. The van der Waals surface area contributed by atoms with Crippen LogP contribution in [-0.2, 0) is 0 Å². The van der Waals surface area contributed by atoms with Crippen molar-refractivity contribution in [2.75, 3.05) is 0 Å². The Hall–Kier alpha value is -1.22. The van der Waals surface area contributed by atoms with Gasteiger partial charge in [-0.1, -0.05) is 50.7 Å². The minimum absolute atomic E-state index is 1.04. The summed E-state index contributed by atoms with van der Waals surface area (Å²) in [5.74, 6) is 9.80. The maximum atomic E-state index is 3.38. The van der Waals surface area contributed by atoms with Crippen LogP contribution in [0, 0.1) is 30.2 Å². The Morgan fingerprint density at radius 2 is 2.05 bits per heavy atom. The number of hydrogen-bond acceptors (Lipinski definition) is 1. The van der Waals surface area contributed by atoms with Crippen LogP contribution in [0.15, 0.2) is 23.8 Å². The molecule has 1 rings (SSSR count). The highest BCUT2D eigenvalue weighted by Gasteiger charge is 2.06. The van der Waals surface area contributed by atoms with E-state index in [9.17, 15) is 0 Å². The zero-order valence-corrected chi connectivity index (χ0v) is 15.1. The topological polar surface area (TPSA) is 0 Å². The van der Waals surface area contributed by atoms with Gasteiger partial charge < -0.3 is 0 Å². The summed E-state index contributed by atoms with van der Waals surface area (Å²) in [4.78, 5) is 2.45. The monoisotopic (exact) mass is 300 g/mol. The van der Waals surface area contributed by atoms with Gasteiger partial charge in [0.15, 0.2) is 0 Å². The molecule has 0 unspecified atom stereocenters. The molecule has 0 amide bonds. The Bertz CT molecular complexity index is 577. The molecular formula is C18H24SSi. The molecule has 1 aromatic rings. The average Bonchev–Trinajstić information content (AvgIpc) is 2.76. The first kappa shape index (κ1) is 16.8. The quantitative estimate of drug-likeness (QED) is 0.517. The third-order valence-electron chi connectivity index (χ3n) is 2.58. The zero-order chi connectivity index (χ0) is 15.0. The molecule has 0 aliphatic rings. The lowest BCUT2D eigenvalue weighted by molar-refractivity contribution is 0.801. The molecule has 0 bridgehead atoms. The Labute approximate surface area is 129 Å². The summed E-state index contributed by atoms with van der Waals surface area (Å²) in [5.41, 5.74) is 4.55. The van der Waals surface area contributed by atoms with Gasteiger partial charge in [0.2, 0.25) is 0 Å². The molecule has 0 atom stereocenters. The smallest absolute Gasteiger partial charge is 0.129 e. The van der Waals surface area contributed by atoms with E-state index < -0.39 is 8.07 Å². The molecule has 0 saturated carbocycles. The molecular weight excluding hydrogens is 276 g/mol. The van der Waals surface area contributed by atoms with Gasteiger partial charge in [0, 0.05) is 10.5 Å². The van der Waals surface area contributed by atoms with Crippen LogP contribution >= 0.6 is 11.3 Å². The summed E-state index contributed by atoms with van der Waals surface area (Å²) in [6.07, 6.45) is 5.44. The molecule has 106 valence electrons. The van der Waals surface area contributed by atoms with Crippen LogP contribution in [0.2, 0.25) is 19.6 Å². The molecule has 0 N–H and O–H groups in total. The van der Waals surface area contributed by atoms with Gasteiger partial charge in [-0.3, -0.25) is 0 Å². The van der Waals surface area contributed by atoms with Crippen molar-refractivity contribution in [3.05, 3.63) is 33.5 Å². The summed E-state index contributed by atoms with van der Waals surface area (Å²) in [5, 5.41) is 0. The van der Waals surface area contributed by atoms with Crippen molar-refractivity contribution in [2.45, 2.75) is 52.8 Å². The Morgan fingerprint density at radius 3 is 2.60 bits per heavy atom. The summed E-state index contributed by atoms with van der Waals surface area (Å²) < 4.78 is 0. The first-order valence-electron chi connectivity index (χ1n) is 7.21. The van der Waals surface area contributed by atoms with E-state index in [2.05, 4.69) is 68.9 Å². The Kier molecular flexibility index (Phi) is 6.86. The van der Waals surface area contributed by atoms with Gasteiger partial charge in [0.25, 0.3) is 0 Å². The van der Waals surface area contributed by atoms with E-state index in [1.165, 1.54) is 23.3 Å². The van der Waals surface area contributed by atoms with E-state index >= 15 is 0 Å². The first-order chi connectivity index (χ1) is 9.40. The molecule has 0 aliphatic carbocycles. The van der Waals surface area contributed by atoms with Crippen LogP contribution in [0.4, 0.5) is 0 Å². The summed E-state index contributed by atoms with van der Waals surface area (Å²) in [6, 6.07) is 4.22. The van der Waals surface area contributed by atoms with Crippen molar-refractivity contribution < 1.29 is 0 Å². The predicted octanol–water partition coefficient (Wildman–Crippen LogP) is 5.41. The lowest BCUT2D eigenvalue weighted by atomic mass is 10.1. The SMILES string of the molecule is CCCC/C(C#Cc1ccc(C)s1)=C\C#C[Si](C)(C)C. The van der Waals surface area contributed by atoms with E-state index in [0.29, 0.717) is 0 Å². The average molecular weight is 301 g/mol. The maximum Gasteiger partial charge on any atom is 0.129 e. The molecule has 0 saturated heterocycles. The van der Waals surface area contributed by atoms with Gasteiger partial charge >= 0.3 is 0 Å². The van der Waals surface area contributed by atoms with E-state index in [0.717, 1.165) is 11.3 Å². The van der Waals surface area contributed by atoms with Crippen molar-refractivity contribution in [3.8, 4) is 23.3 Å². The number of thiophene rings is 1. The summed E-state index contributed by atoms with van der Waals surface area (Å²) in [6.45, 7) is 11.1. The Morgan fingerprint density at radius 1 is 1.30 bits per heavy atom. The van der Waals surface area contributed by atoms with E-state index in [1.54, 1.807) is 11.3 Å². The van der Waals surface area contributed by atoms with Crippen molar-refractivity contribution in [1.82, 2.24) is 0 Å². The second kappa shape index (κ2) is 8.15. The van der Waals surface area contributed by atoms with Crippen LogP contribution in [0.5, 0.6) is 0 Å². The number of unbranched alkanes of at least 4 members (excludes halogenated alkanes) is 1. The lowest BCUT2D eigenvalue weighted by Crippen LogP contribution is -2.16. The molecule has 0 spiro atoms. The predicted molar refractivity (Wildman–Crippen MR) is 94.7 cm³/mol. The van der Waals surface area contributed by atoms with Gasteiger partial charge in [-0.25, -0.2) is 0 Å². The summed E-state index contributed by atoms with van der Waals surface area (Å²) >= 11 is 1.75. The normalized spacial score (nSPS) is 11.3. The minimum Gasteiger partial charge on any atom is -0.132 e. The van der Waals surface area contributed by atoms with Crippen molar-refractivity contribution in [3.63, 3.8) is 0 Å². The molecule has 0 aliphatic heterocycles. The highest BCUT2D eigenvalue weighted by molar-refractivity contribution is 7.12. The molecule has 1 aromatic heterocycles. The second-order valence-corrected chi connectivity index (χ2v) is 12.0. The third kappa shape index (κ3) is 7.39. The molecule has 0 nitrogen and oxygen atoms in total. The highest BCUT2D eigenvalue weighted by atomic mass is 32.1. The highest BCUT2D eigenvalue weighted by Crippen LogP contribution is 2.14. The standard InChI is InChI=1S/C18H24SSi/c1-6-7-9-17(10-8-15-20(3,4)5)12-14-18-13-11-16(2)19-18/h10-11,13H,6-7,9H2,1-5H3/b17-10+. The first-order valence-corrected chi connectivity index (χ1v) is 11.5. The van der Waals surface area contributed by atoms with Crippen LogP contribution < -0.4 is 0 Å². The van der Waals surface area contributed by atoms with Gasteiger partial charge in [0.05, 0.1) is 4.88 Å². The molecule has 20 heavy (non-hydrogen) atoms. The zero-order valence-electron chi connectivity index (χ0n) is 13.3. The number of aryl methyl sites for hydroxylation is 1. The van der Waals surface area contributed by atoms with Crippen molar-refractivity contribution >= 4 is 19.4 Å². The fourth-order valence-electron chi connectivity index (χ4n) is 1.52. The number of rotatable bonds is 3. The Balaban J connectivity index is 2.86. The van der Waals surface area contributed by atoms with Gasteiger partial charge in [-0.05, 0) is 38.0 Å². The van der Waals surface area contributed by atoms with E-state index in [1.807, 2.05) is 6.08 Å². The number of hydrogen-bond donors (Lipinski definition) is 0. The minimum atomic E-state index is -1.29. The maximum absolute atomic E-state index is 3.38. The van der Waals surface area contributed by atoms with Gasteiger partial charge in [0.1, 0.15) is 8.07 Å². The van der Waals surface area contributed by atoms with Crippen LogP contribution in [0.25, 0.3) is 0 Å². The van der Waals surface area contributed by atoms with Gasteiger partial charge in [-0.2, -0.15) is 0 Å². The summed E-state index contributed by atoms with van der Waals surface area (Å²) in [7, 11) is -1.29. The fraction of sp³-hybridized carbons (Fsp3) is 0.444. The van der Waals surface area contributed by atoms with E-state index in [-0.39, 0.29) is 0 Å². The molecule has 2 heteroatoms. The second-order valence-electron chi connectivity index (χ2n) is 5.95. The van der Waals surface area contributed by atoms with Crippen molar-refractivity contribution in [1.29, 1.82) is 0 Å². The molecule has 0 aromatic carbocycles. The van der Waals surface area contributed by atoms with Crippen LogP contribution in [0.3, 0.4) is 0 Å². The molecule has 0 radical (unpaired) electrons. The third-order valence-corrected chi connectivity index (χ3v) is 4.39. The van der Waals surface area contributed by atoms with Crippen LogP contribution in [-0.4, -0.2) is 8.07 Å². The van der Waals surface area contributed by atoms with Gasteiger partial charge in [-0.15, -0.1) is 16.9 Å². The number of allylic oxidation sites excluding steroid dienone is 2. The van der Waals surface area contributed by atoms with Crippen molar-refractivity contribution in [2.24, 2.45) is 0 Å². The molecule has 0 fully saturated rings.